The van der Waals surface area contributed by atoms with E-state index in [9.17, 15) is 18.0 Å². The Morgan fingerprint density at radius 2 is 1.82 bits per heavy atom. The first-order valence-electron chi connectivity index (χ1n) is 13.2. The number of anilines is 1. The largest absolute Gasteiger partial charge is 0.468 e. The third kappa shape index (κ3) is 6.59. The molecule has 0 unspecified atom stereocenters. The number of rotatable bonds is 8. The van der Waals surface area contributed by atoms with E-state index in [4.69, 9.17) is 4.42 Å². The number of carbonyl (C=O) groups is 1. The molecule has 0 bridgehead atoms. The van der Waals surface area contributed by atoms with Crippen LogP contribution in [0.25, 0.3) is 0 Å². The van der Waals surface area contributed by atoms with Crippen LogP contribution >= 0.6 is 0 Å². The highest BCUT2D eigenvalue weighted by Crippen LogP contribution is 2.38. The molecule has 0 saturated carbocycles. The van der Waals surface area contributed by atoms with Crippen LogP contribution in [0, 0.1) is 0 Å². The molecule has 8 nitrogen and oxygen atoms in total. The van der Waals surface area contributed by atoms with Gasteiger partial charge in [0, 0.05) is 63.6 Å². The molecule has 208 valence electrons. The number of benzene rings is 1. The Morgan fingerprint density at radius 1 is 1.03 bits per heavy atom. The number of likely N-dealkylation sites (tertiary alicyclic amines) is 1. The second kappa shape index (κ2) is 11.7. The molecule has 2 fully saturated rings. The number of halogens is 3. The molecule has 2 aromatic heterocycles. The van der Waals surface area contributed by atoms with Crippen molar-refractivity contribution in [3.05, 3.63) is 78.1 Å². The van der Waals surface area contributed by atoms with Crippen LogP contribution in [-0.2, 0) is 22.9 Å². The van der Waals surface area contributed by atoms with Crippen molar-refractivity contribution in [1.82, 2.24) is 25.1 Å². The van der Waals surface area contributed by atoms with Gasteiger partial charge in [0.2, 0.25) is 5.91 Å². The molecule has 1 N–H and O–H groups in total. The fraction of sp³-hybridized carbons (Fsp3) is 0.464. The first-order valence-corrected chi connectivity index (χ1v) is 13.2. The first kappa shape index (κ1) is 27.1. The fourth-order valence-corrected chi connectivity index (χ4v) is 5.50. The van der Waals surface area contributed by atoms with Gasteiger partial charge in [-0.25, -0.2) is 4.98 Å². The van der Waals surface area contributed by atoms with Gasteiger partial charge in [0.15, 0.2) is 0 Å². The van der Waals surface area contributed by atoms with Gasteiger partial charge in [0.1, 0.15) is 11.6 Å². The molecular formula is C28H33F3N6O2. The van der Waals surface area contributed by atoms with Crippen molar-refractivity contribution in [2.24, 2.45) is 0 Å². The molecule has 3 aromatic rings. The zero-order valence-electron chi connectivity index (χ0n) is 21.7. The molecule has 0 atom stereocenters. The minimum absolute atomic E-state index is 0.0594. The Kier molecular flexibility index (Phi) is 8.18. The zero-order chi connectivity index (χ0) is 27.3. The standard InChI is InChI=1S/C28H33F3N6O2/c29-28(30,31)23-4-1-3-22(17-23)27(21-33-18-24-5-2-16-39-24)6-10-37(11-7-27)26(38)20-35-12-14-36(15-13-35)25-19-32-8-9-34-25/h1-5,8-9,16-17,19,33H,6-7,10-15,18,20-21H2. The van der Waals surface area contributed by atoms with E-state index in [2.05, 4.69) is 25.1 Å². The molecule has 2 aliphatic rings. The summed E-state index contributed by atoms with van der Waals surface area (Å²) in [6, 6.07) is 9.29. The van der Waals surface area contributed by atoms with Crippen LogP contribution in [0.3, 0.4) is 0 Å². The second-order valence-electron chi connectivity index (χ2n) is 10.2. The minimum atomic E-state index is -4.41. The average molecular weight is 543 g/mol. The predicted molar refractivity (Wildman–Crippen MR) is 140 cm³/mol. The number of aromatic nitrogens is 2. The summed E-state index contributed by atoms with van der Waals surface area (Å²) in [4.78, 5) is 27.8. The molecule has 0 aliphatic carbocycles. The lowest BCUT2D eigenvalue weighted by Gasteiger charge is -2.43. The molecule has 1 aromatic carbocycles. The van der Waals surface area contributed by atoms with E-state index in [1.807, 2.05) is 11.0 Å². The monoisotopic (exact) mass is 542 g/mol. The van der Waals surface area contributed by atoms with Gasteiger partial charge in [-0.1, -0.05) is 18.2 Å². The third-order valence-corrected chi connectivity index (χ3v) is 7.82. The summed E-state index contributed by atoms with van der Waals surface area (Å²) in [5.41, 5.74) is -0.520. The Labute approximate surface area is 225 Å². The Bertz CT molecular complexity index is 1210. The topological polar surface area (TPSA) is 77.7 Å². The maximum Gasteiger partial charge on any atom is 0.416 e. The van der Waals surface area contributed by atoms with Gasteiger partial charge in [-0.3, -0.25) is 14.7 Å². The first-order chi connectivity index (χ1) is 18.8. The molecule has 0 spiro atoms. The van der Waals surface area contributed by atoms with Gasteiger partial charge in [0.25, 0.3) is 0 Å². The van der Waals surface area contributed by atoms with E-state index in [0.29, 0.717) is 51.1 Å². The van der Waals surface area contributed by atoms with Crippen LogP contribution in [-0.4, -0.2) is 78.0 Å². The summed E-state index contributed by atoms with van der Waals surface area (Å²) in [5.74, 6) is 1.66. The summed E-state index contributed by atoms with van der Waals surface area (Å²) in [6.45, 7) is 5.34. The number of amides is 1. The molecule has 2 aliphatic heterocycles. The van der Waals surface area contributed by atoms with Gasteiger partial charge < -0.3 is 19.5 Å². The molecule has 0 radical (unpaired) electrons. The highest BCUT2D eigenvalue weighted by atomic mass is 19.4. The number of alkyl halides is 3. The normalized spacial score (nSPS) is 18.3. The SMILES string of the molecule is O=C(CN1CCN(c2cnccn2)CC1)N1CCC(CNCc2ccco2)(c2cccc(C(F)(F)F)c2)CC1. The lowest BCUT2D eigenvalue weighted by atomic mass is 9.72. The lowest BCUT2D eigenvalue weighted by Crippen LogP contribution is -2.53. The highest BCUT2D eigenvalue weighted by molar-refractivity contribution is 5.78. The van der Waals surface area contributed by atoms with Gasteiger partial charge in [-0.05, 0) is 36.6 Å². The molecule has 11 heteroatoms. The summed E-state index contributed by atoms with van der Waals surface area (Å²) in [7, 11) is 0. The van der Waals surface area contributed by atoms with E-state index in [1.54, 1.807) is 37.0 Å². The van der Waals surface area contributed by atoms with Crippen LogP contribution in [0.5, 0.6) is 0 Å². The number of nitrogens with one attached hydrogen (secondary N) is 1. The number of furan rings is 1. The molecule has 39 heavy (non-hydrogen) atoms. The summed E-state index contributed by atoms with van der Waals surface area (Å²) in [5, 5.41) is 3.38. The Balaban J connectivity index is 1.20. The number of piperazine rings is 1. The number of hydrogen-bond acceptors (Lipinski definition) is 7. The Morgan fingerprint density at radius 3 is 2.49 bits per heavy atom. The van der Waals surface area contributed by atoms with Gasteiger partial charge in [0.05, 0.1) is 31.1 Å². The average Bonchev–Trinajstić information content (AvgIpc) is 3.47. The van der Waals surface area contributed by atoms with Gasteiger partial charge in [-0.15, -0.1) is 0 Å². The van der Waals surface area contributed by atoms with E-state index in [0.717, 1.165) is 43.8 Å². The van der Waals surface area contributed by atoms with Gasteiger partial charge in [-0.2, -0.15) is 13.2 Å². The van der Waals surface area contributed by atoms with Crippen LogP contribution in [0.2, 0.25) is 0 Å². The van der Waals surface area contributed by atoms with Gasteiger partial charge >= 0.3 is 6.18 Å². The van der Waals surface area contributed by atoms with Crippen LogP contribution in [0.1, 0.15) is 29.7 Å². The van der Waals surface area contributed by atoms with Crippen LogP contribution in [0.15, 0.2) is 65.7 Å². The second-order valence-corrected chi connectivity index (χ2v) is 10.2. The zero-order valence-corrected chi connectivity index (χ0v) is 21.7. The molecule has 1 amide bonds. The van der Waals surface area contributed by atoms with Crippen molar-refractivity contribution >= 4 is 11.7 Å². The van der Waals surface area contributed by atoms with Crippen molar-refractivity contribution in [2.75, 3.05) is 57.3 Å². The van der Waals surface area contributed by atoms with Crippen molar-refractivity contribution < 1.29 is 22.4 Å². The number of hydrogen-bond donors (Lipinski definition) is 1. The van der Waals surface area contributed by atoms with E-state index < -0.39 is 17.2 Å². The quantitative estimate of drug-likeness (QED) is 0.467. The summed E-state index contributed by atoms with van der Waals surface area (Å²) in [6.07, 6.45) is 3.40. The van der Waals surface area contributed by atoms with E-state index >= 15 is 0 Å². The minimum Gasteiger partial charge on any atom is -0.468 e. The summed E-state index contributed by atoms with van der Waals surface area (Å²) >= 11 is 0. The predicted octanol–water partition coefficient (Wildman–Crippen LogP) is 3.56. The van der Waals surface area contributed by atoms with Crippen molar-refractivity contribution in [3.63, 3.8) is 0 Å². The van der Waals surface area contributed by atoms with Crippen LogP contribution in [0.4, 0.5) is 19.0 Å². The molecule has 2 saturated heterocycles. The van der Waals surface area contributed by atoms with Crippen molar-refractivity contribution in [3.8, 4) is 0 Å². The number of carbonyl (C=O) groups excluding carboxylic acids is 1. The molecule has 5 rings (SSSR count). The number of nitrogens with zero attached hydrogens (tertiary/aromatic N) is 5. The maximum atomic E-state index is 13.5. The maximum absolute atomic E-state index is 13.5. The molecule has 4 heterocycles. The lowest BCUT2D eigenvalue weighted by molar-refractivity contribution is -0.137. The highest BCUT2D eigenvalue weighted by Gasteiger charge is 2.39. The molecular weight excluding hydrogens is 509 g/mol. The van der Waals surface area contributed by atoms with E-state index in [-0.39, 0.29) is 5.91 Å². The smallest absolute Gasteiger partial charge is 0.416 e. The van der Waals surface area contributed by atoms with Crippen LogP contribution < -0.4 is 10.2 Å². The van der Waals surface area contributed by atoms with E-state index in [1.165, 1.54) is 12.1 Å². The van der Waals surface area contributed by atoms with Crippen molar-refractivity contribution in [1.29, 1.82) is 0 Å². The Hall–Kier alpha value is -3.44. The van der Waals surface area contributed by atoms with Crippen molar-refractivity contribution in [2.45, 2.75) is 31.0 Å². The number of piperidine rings is 1. The third-order valence-electron chi connectivity index (χ3n) is 7.82. The summed E-state index contributed by atoms with van der Waals surface area (Å²) < 4.78 is 45.9. The fourth-order valence-electron chi connectivity index (χ4n) is 5.50.